The fraction of sp³-hybridized carbons (Fsp3) is 0.375. The van der Waals surface area contributed by atoms with Crippen molar-refractivity contribution < 1.29 is 23.9 Å². The summed E-state index contributed by atoms with van der Waals surface area (Å²) in [5.74, 6) is -1.58. The Balaban J connectivity index is 2.16. The van der Waals surface area contributed by atoms with Crippen LogP contribution in [0.4, 0.5) is 4.79 Å². The van der Waals surface area contributed by atoms with Crippen LogP contribution in [0.3, 0.4) is 0 Å². The minimum absolute atomic E-state index is 0.0370. The number of carbonyl (C=O) groups excluding carboxylic acids is 4. The molecule has 0 atom stereocenters. The van der Waals surface area contributed by atoms with Crippen molar-refractivity contribution in [2.75, 3.05) is 19.7 Å². The van der Waals surface area contributed by atoms with Gasteiger partial charge in [0.2, 0.25) is 0 Å². The fourth-order valence-corrected chi connectivity index (χ4v) is 1.85. The van der Waals surface area contributed by atoms with E-state index in [0.29, 0.717) is 23.6 Å². The largest absolute Gasteiger partial charge is 0.456 e. The maximum absolute atomic E-state index is 11.8. The maximum atomic E-state index is 11.8. The second-order valence-electron chi connectivity index (χ2n) is 4.93. The van der Waals surface area contributed by atoms with Crippen LogP contribution in [0.15, 0.2) is 24.3 Å². The SMILES string of the molecule is CCNC(=O)NC(=O)COC(=O)CCCNC(=O)c1ccc(Cl)cc1. The number of esters is 1. The fourth-order valence-electron chi connectivity index (χ4n) is 1.72. The highest BCUT2D eigenvalue weighted by Crippen LogP contribution is 2.09. The van der Waals surface area contributed by atoms with Gasteiger partial charge in [-0.05, 0) is 37.6 Å². The molecule has 0 spiro atoms. The van der Waals surface area contributed by atoms with Gasteiger partial charge in [-0.2, -0.15) is 0 Å². The molecule has 1 rings (SSSR count). The summed E-state index contributed by atoms with van der Waals surface area (Å²) in [7, 11) is 0. The minimum atomic E-state index is -0.713. The lowest BCUT2D eigenvalue weighted by molar-refractivity contribution is -0.148. The Morgan fingerprint density at radius 3 is 2.40 bits per heavy atom. The van der Waals surface area contributed by atoms with Crippen molar-refractivity contribution in [2.24, 2.45) is 0 Å². The Hall–Kier alpha value is -2.61. The van der Waals surface area contributed by atoms with Crippen molar-refractivity contribution in [3.8, 4) is 0 Å². The molecule has 0 radical (unpaired) electrons. The van der Waals surface area contributed by atoms with Crippen molar-refractivity contribution >= 4 is 35.4 Å². The van der Waals surface area contributed by atoms with E-state index in [1.165, 1.54) is 0 Å². The molecule has 8 nitrogen and oxygen atoms in total. The summed E-state index contributed by atoms with van der Waals surface area (Å²) in [5.41, 5.74) is 0.467. The molecule has 1 aromatic carbocycles. The van der Waals surface area contributed by atoms with Gasteiger partial charge < -0.3 is 15.4 Å². The van der Waals surface area contributed by atoms with Crippen molar-refractivity contribution in [1.82, 2.24) is 16.0 Å². The second-order valence-corrected chi connectivity index (χ2v) is 5.37. The molecular formula is C16H20ClN3O5. The van der Waals surface area contributed by atoms with Gasteiger partial charge in [0.05, 0.1) is 0 Å². The zero-order chi connectivity index (χ0) is 18.7. The zero-order valence-corrected chi connectivity index (χ0v) is 14.5. The summed E-state index contributed by atoms with van der Waals surface area (Å²) in [5, 5.41) is 7.58. The molecule has 0 aliphatic carbocycles. The van der Waals surface area contributed by atoms with Crippen LogP contribution >= 0.6 is 11.6 Å². The molecule has 0 aliphatic rings. The van der Waals surface area contributed by atoms with Crippen LogP contribution in [-0.2, 0) is 14.3 Å². The quantitative estimate of drug-likeness (QED) is 0.471. The van der Waals surface area contributed by atoms with Gasteiger partial charge in [0.15, 0.2) is 6.61 Å². The highest BCUT2D eigenvalue weighted by molar-refractivity contribution is 6.30. The number of hydrogen-bond donors (Lipinski definition) is 3. The van der Waals surface area contributed by atoms with Gasteiger partial charge in [0.1, 0.15) is 0 Å². The zero-order valence-electron chi connectivity index (χ0n) is 13.8. The molecule has 0 unspecified atom stereocenters. The van der Waals surface area contributed by atoms with E-state index >= 15 is 0 Å². The Morgan fingerprint density at radius 1 is 1.08 bits per heavy atom. The molecule has 136 valence electrons. The molecule has 4 amide bonds. The molecule has 0 saturated carbocycles. The van der Waals surface area contributed by atoms with Crippen LogP contribution < -0.4 is 16.0 Å². The predicted octanol–water partition coefficient (Wildman–Crippen LogP) is 1.24. The Kier molecular flexibility index (Phi) is 9.02. The highest BCUT2D eigenvalue weighted by Gasteiger charge is 2.10. The van der Waals surface area contributed by atoms with Gasteiger partial charge in [-0.15, -0.1) is 0 Å². The van der Waals surface area contributed by atoms with E-state index in [4.69, 9.17) is 16.3 Å². The summed E-state index contributed by atoms with van der Waals surface area (Å²) in [6.07, 6.45) is 0.394. The number of carbonyl (C=O) groups is 4. The van der Waals surface area contributed by atoms with Crippen LogP contribution in [0.1, 0.15) is 30.1 Å². The third-order valence-corrected chi connectivity index (χ3v) is 3.16. The topological polar surface area (TPSA) is 114 Å². The molecule has 0 fully saturated rings. The van der Waals surface area contributed by atoms with E-state index in [-0.39, 0.29) is 18.9 Å². The van der Waals surface area contributed by atoms with Crippen molar-refractivity contribution in [2.45, 2.75) is 19.8 Å². The van der Waals surface area contributed by atoms with Crippen molar-refractivity contribution in [3.63, 3.8) is 0 Å². The van der Waals surface area contributed by atoms with Gasteiger partial charge in [0.25, 0.3) is 11.8 Å². The van der Waals surface area contributed by atoms with E-state index in [2.05, 4.69) is 10.6 Å². The van der Waals surface area contributed by atoms with E-state index in [1.54, 1.807) is 31.2 Å². The van der Waals surface area contributed by atoms with Gasteiger partial charge in [-0.1, -0.05) is 11.6 Å². The van der Waals surface area contributed by atoms with Crippen LogP contribution in [0.25, 0.3) is 0 Å². The molecular weight excluding hydrogens is 350 g/mol. The molecule has 25 heavy (non-hydrogen) atoms. The van der Waals surface area contributed by atoms with Crippen LogP contribution in [0.2, 0.25) is 5.02 Å². The summed E-state index contributed by atoms with van der Waals surface area (Å²) in [4.78, 5) is 45.7. The number of halogens is 1. The standard InChI is InChI=1S/C16H20ClN3O5/c1-2-18-16(24)20-13(21)10-25-14(22)4-3-9-19-15(23)11-5-7-12(17)8-6-11/h5-8H,2-4,9-10H2,1H3,(H,19,23)(H2,18,20,21,24). The van der Waals surface area contributed by atoms with Crippen molar-refractivity contribution in [3.05, 3.63) is 34.9 Å². The molecule has 0 aliphatic heterocycles. The summed E-state index contributed by atoms with van der Waals surface area (Å²) >= 11 is 5.74. The first-order chi connectivity index (χ1) is 11.9. The molecule has 9 heteroatoms. The van der Waals surface area contributed by atoms with E-state index in [9.17, 15) is 19.2 Å². The molecule has 3 N–H and O–H groups in total. The number of nitrogens with one attached hydrogen (secondary N) is 3. The molecule has 0 heterocycles. The van der Waals surface area contributed by atoms with Crippen LogP contribution in [0, 0.1) is 0 Å². The summed E-state index contributed by atoms with van der Waals surface area (Å²) in [6.45, 7) is 1.82. The lowest BCUT2D eigenvalue weighted by Crippen LogP contribution is -2.41. The minimum Gasteiger partial charge on any atom is -0.456 e. The number of amides is 4. The normalized spacial score (nSPS) is 9.84. The average Bonchev–Trinajstić information content (AvgIpc) is 2.57. The lowest BCUT2D eigenvalue weighted by atomic mass is 10.2. The number of ether oxygens (including phenoxy) is 1. The smallest absolute Gasteiger partial charge is 0.321 e. The van der Waals surface area contributed by atoms with E-state index < -0.39 is 24.5 Å². The molecule has 1 aromatic rings. The predicted molar refractivity (Wildman–Crippen MR) is 91.2 cm³/mol. The number of rotatable bonds is 8. The lowest BCUT2D eigenvalue weighted by Gasteiger charge is -2.07. The van der Waals surface area contributed by atoms with Gasteiger partial charge in [-0.3, -0.25) is 19.7 Å². The highest BCUT2D eigenvalue weighted by atomic mass is 35.5. The first-order valence-electron chi connectivity index (χ1n) is 7.69. The summed E-state index contributed by atoms with van der Waals surface area (Å²) < 4.78 is 4.73. The monoisotopic (exact) mass is 369 g/mol. The van der Waals surface area contributed by atoms with Gasteiger partial charge in [-0.25, -0.2) is 4.79 Å². The Morgan fingerprint density at radius 2 is 1.76 bits per heavy atom. The van der Waals surface area contributed by atoms with Gasteiger partial charge in [0, 0.05) is 30.1 Å². The van der Waals surface area contributed by atoms with E-state index in [1.807, 2.05) is 5.32 Å². The third kappa shape index (κ3) is 8.71. The molecule has 0 bridgehead atoms. The average molecular weight is 370 g/mol. The van der Waals surface area contributed by atoms with Crippen LogP contribution in [-0.4, -0.2) is 43.5 Å². The number of benzene rings is 1. The van der Waals surface area contributed by atoms with Crippen molar-refractivity contribution in [1.29, 1.82) is 0 Å². The van der Waals surface area contributed by atoms with Gasteiger partial charge >= 0.3 is 12.0 Å². The maximum Gasteiger partial charge on any atom is 0.321 e. The first kappa shape index (κ1) is 20.4. The Bertz CT molecular complexity index is 619. The number of urea groups is 1. The van der Waals surface area contributed by atoms with E-state index in [0.717, 1.165) is 0 Å². The molecule has 0 saturated heterocycles. The van der Waals surface area contributed by atoms with Crippen LogP contribution in [0.5, 0.6) is 0 Å². The third-order valence-electron chi connectivity index (χ3n) is 2.90. The molecule has 0 aromatic heterocycles. The Labute approximate surface area is 150 Å². The second kappa shape index (κ2) is 11.0. The summed E-state index contributed by atoms with van der Waals surface area (Å²) in [6, 6.07) is 5.77. The number of hydrogen-bond acceptors (Lipinski definition) is 5. The first-order valence-corrected chi connectivity index (χ1v) is 8.07. The number of imide groups is 1.